The van der Waals surface area contributed by atoms with Gasteiger partial charge in [-0.2, -0.15) is 0 Å². The van der Waals surface area contributed by atoms with Crippen LogP contribution in [0.3, 0.4) is 0 Å². The summed E-state index contributed by atoms with van der Waals surface area (Å²) in [5.41, 5.74) is 0.193. The molecule has 0 spiro atoms. The van der Waals surface area contributed by atoms with Crippen molar-refractivity contribution in [3.63, 3.8) is 0 Å². The number of carbonyl (C=O) groups is 1. The van der Waals surface area contributed by atoms with Crippen LogP contribution in [0.1, 0.15) is 140 Å². The van der Waals surface area contributed by atoms with Crippen LogP contribution in [0.2, 0.25) is 0 Å². The number of hydrogen-bond donors (Lipinski definition) is 2. The van der Waals surface area contributed by atoms with Crippen LogP contribution >= 0.6 is 0 Å². The molecule has 1 aromatic rings. The van der Waals surface area contributed by atoms with Gasteiger partial charge in [-0.1, -0.05) is 117 Å². The Morgan fingerprint density at radius 1 is 0.758 bits per heavy atom. The zero-order chi connectivity index (χ0) is 24.3. The second-order valence-electron chi connectivity index (χ2n) is 9.66. The van der Waals surface area contributed by atoms with Crippen LogP contribution in [-0.2, 0) is 0 Å². The number of aromatic hydroxyl groups is 2. The SMILES string of the molecule is CCCCCCCCCCCCCCCCCCOc1cc(O)cc(O)c1C(=O)[C@@H](C)CC. The summed E-state index contributed by atoms with van der Waals surface area (Å²) in [6.07, 6.45) is 21.8. The quantitative estimate of drug-likeness (QED) is 0.141. The highest BCUT2D eigenvalue weighted by molar-refractivity contribution is 6.02. The smallest absolute Gasteiger partial charge is 0.173 e. The number of Topliss-reactive ketones (excluding diaryl/α,β-unsaturated/α-hetero) is 1. The summed E-state index contributed by atoms with van der Waals surface area (Å²) in [4.78, 5) is 12.6. The third-order valence-corrected chi connectivity index (χ3v) is 6.63. The highest BCUT2D eigenvalue weighted by Crippen LogP contribution is 2.35. The van der Waals surface area contributed by atoms with Gasteiger partial charge < -0.3 is 14.9 Å². The number of phenolic OH excluding ortho intramolecular Hbond substituents is 2. The lowest BCUT2D eigenvalue weighted by atomic mass is 9.95. The molecule has 0 aliphatic rings. The summed E-state index contributed by atoms with van der Waals surface area (Å²) in [6.45, 7) is 6.54. The molecule has 0 heterocycles. The maximum Gasteiger partial charge on any atom is 0.173 e. The van der Waals surface area contributed by atoms with E-state index < -0.39 is 0 Å². The Labute approximate surface area is 203 Å². The molecule has 1 aromatic carbocycles. The van der Waals surface area contributed by atoms with E-state index in [4.69, 9.17) is 4.74 Å². The molecule has 2 N–H and O–H groups in total. The van der Waals surface area contributed by atoms with Gasteiger partial charge in [0.05, 0.1) is 6.61 Å². The predicted molar refractivity (Wildman–Crippen MR) is 139 cm³/mol. The summed E-state index contributed by atoms with van der Waals surface area (Å²) in [5.74, 6) is -0.341. The first-order valence-corrected chi connectivity index (χ1v) is 13.7. The summed E-state index contributed by atoms with van der Waals surface area (Å²) in [5, 5.41) is 20.0. The second-order valence-corrected chi connectivity index (χ2v) is 9.66. The topological polar surface area (TPSA) is 66.8 Å². The molecule has 0 radical (unpaired) electrons. The fourth-order valence-corrected chi connectivity index (χ4v) is 4.21. The van der Waals surface area contributed by atoms with Crippen LogP contribution in [0.4, 0.5) is 0 Å². The lowest BCUT2D eigenvalue weighted by Gasteiger charge is -2.15. The van der Waals surface area contributed by atoms with Gasteiger partial charge >= 0.3 is 0 Å². The van der Waals surface area contributed by atoms with Crippen molar-refractivity contribution in [1.82, 2.24) is 0 Å². The van der Waals surface area contributed by atoms with Gasteiger partial charge in [0.15, 0.2) is 5.78 Å². The first kappa shape index (κ1) is 29.3. The molecule has 0 saturated heterocycles. The van der Waals surface area contributed by atoms with Crippen LogP contribution in [0.25, 0.3) is 0 Å². The van der Waals surface area contributed by atoms with Crippen molar-refractivity contribution in [1.29, 1.82) is 0 Å². The zero-order valence-electron chi connectivity index (χ0n) is 21.7. The molecule has 1 atom stereocenters. The molecule has 0 aliphatic carbocycles. The molecule has 0 aromatic heterocycles. The molecule has 4 heteroatoms. The molecular weight excluding hydrogens is 412 g/mol. The van der Waals surface area contributed by atoms with Gasteiger partial charge in [0.1, 0.15) is 22.8 Å². The van der Waals surface area contributed by atoms with Crippen molar-refractivity contribution in [3.8, 4) is 17.2 Å². The Hall–Kier alpha value is -1.71. The molecule has 0 fully saturated rings. The van der Waals surface area contributed by atoms with E-state index in [1.807, 2.05) is 13.8 Å². The van der Waals surface area contributed by atoms with Crippen LogP contribution in [0.15, 0.2) is 12.1 Å². The molecule has 0 aliphatic heterocycles. The van der Waals surface area contributed by atoms with Gasteiger partial charge in [-0.3, -0.25) is 4.79 Å². The van der Waals surface area contributed by atoms with E-state index in [1.165, 1.54) is 102 Å². The van der Waals surface area contributed by atoms with E-state index in [0.29, 0.717) is 18.8 Å². The standard InChI is InChI=1S/C29H50O4/c1-4-6-7-8-9-10-11-12-13-14-15-16-17-18-19-20-21-33-27-23-25(30)22-26(31)28(27)29(32)24(3)5-2/h22-24,30-31H,4-21H2,1-3H3/t24-/m0/s1. The Bertz CT molecular complexity index is 641. The highest BCUT2D eigenvalue weighted by atomic mass is 16.5. The lowest BCUT2D eigenvalue weighted by molar-refractivity contribution is 0.0920. The minimum absolute atomic E-state index is 0.0878. The van der Waals surface area contributed by atoms with Crippen molar-refractivity contribution in [2.75, 3.05) is 6.61 Å². The molecular formula is C29H50O4. The highest BCUT2D eigenvalue weighted by Gasteiger charge is 2.23. The Morgan fingerprint density at radius 2 is 1.21 bits per heavy atom. The minimum Gasteiger partial charge on any atom is -0.508 e. The number of rotatable bonds is 21. The van der Waals surface area contributed by atoms with Crippen molar-refractivity contribution in [2.24, 2.45) is 5.92 Å². The van der Waals surface area contributed by atoms with E-state index in [1.54, 1.807) is 0 Å². The molecule has 0 amide bonds. The number of unbranched alkanes of at least 4 members (excludes halogenated alkanes) is 15. The number of ether oxygens (including phenoxy) is 1. The Kier molecular flexibility index (Phi) is 16.6. The van der Waals surface area contributed by atoms with Gasteiger partial charge in [0.25, 0.3) is 0 Å². The maximum absolute atomic E-state index is 12.6. The Morgan fingerprint density at radius 3 is 1.67 bits per heavy atom. The van der Waals surface area contributed by atoms with Crippen molar-refractivity contribution in [2.45, 2.75) is 130 Å². The van der Waals surface area contributed by atoms with Crippen LogP contribution < -0.4 is 4.74 Å². The van der Waals surface area contributed by atoms with Gasteiger partial charge in [-0.05, 0) is 12.8 Å². The fraction of sp³-hybridized carbons (Fsp3) is 0.759. The molecule has 4 nitrogen and oxygen atoms in total. The predicted octanol–water partition coefficient (Wildman–Crippen LogP) is 8.97. The van der Waals surface area contributed by atoms with Crippen molar-refractivity contribution >= 4 is 5.78 Å². The molecule has 0 unspecified atom stereocenters. The fourth-order valence-electron chi connectivity index (χ4n) is 4.21. The number of carbonyl (C=O) groups excluding carboxylic acids is 1. The van der Waals surface area contributed by atoms with E-state index >= 15 is 0 Å². The van der Waals surface area contributed by atoms with E-state index in [9.17, 15) is 15.0 Å². The molecule has 1 rings (SSSR count). The molecule has 0 saturated carbocycles. The van der Waals surface area contributed by atoms with Gasteiger partial charge in [0, 0.05) is 18.1 Å². The summed E-state index contributed by atoms with van der Waals surface area (Å²) < 4.78 is 5.79. The van der Waals surface area contributed by atoms with E-state index in [0.717, 1.165) is 12.8 Å². The number of ketones is 1. The zero-order valence-corrected chi connectivity index (χ0v) is 21.7. The number of phenols is 2. The van der Waals surface area contributed by atoms with Gasteiger partial charge in [0.2, 0.25) is 0 Å². The first-order chi connectivity index (χ1) is 16.0. The van der Waals surface area contributed by atoms with Gasteiger partial charge in [-0.25, -0.2) is 0 Å². The van der Waals surface area contributed by atoms with E-state index in [-0.39, 0.29) is 28.8 Å². The van der Waals surface area contributed by atoms with Crippen molar-refractivity contribution in [3.05, 3.63) is 17.7 Å². The van der Waals surface area contributed by atoms with E-state index in [2.05, 4.69) is 6.92 Å². The third kappa shape index (κ3) is 12.9. The molecule has 33 heavy (non-hydrogen) atoms. The van der Waals surface area contributed by atoms with Crippen LogP contribution in [0.5, 0.6) is 17.2 Å². The summed E-state index contributed by atoms with van der Waals surface area (Å²) in [6, 6.07) is 2.64. The average molecular weight is 463 g/mol. The van der Waals surface area contributed by atoms with Crippen molar-refractivity contribution < 1.29 is 19.7 Å². The third-order valence-electron chi connectivity index (χ3n) is 6.63. The van der Waals surface area contributed by atoms with Gasteiger partial charge in [-0.15, -0.1) is 0 Å². The normalized spacial score (nSPS) is 12.1. The Balaban J connectivity index is 2.09. The average Bonchev–Trinajstić information content (AvgIpc) is 2.79. The minimum atomic E-state index is -0.206. The largest absolute Gasteiger partial charge is 0.508 e. The first-order valence-electron chi connectivity index (χ1n) is 13.7. The number of hydrogen-bond acceptors (Lipinski definition) is 4. The molecule has 190 valence electrons. The second kappa shape index (κ2) is 18.7. The van der Waals surface area contributed by atoms with Crippen LogP contribution in [-0.4, -0.2) is 22.6 Å². The lowest BCUT2D eigenvalue weighted by Crippen LogP contribution is -2.13. The molecule has 0 bridgehead atoms. The van der Waals surface area contributed by atoms with Crippen LogP contribution in [0, 0.1) is 5.92 Å². The summed E-state index contributed by atoms with van der Waals surface area (Å²) in [7, 11) is 0. The number of benzene rings is 1. The summed E-state index contributed by atoms with van der Waals surface area (Å²) >= 11 is 0. The maximum atomic E-state index is 12.6. The monoisotopic (exact) mass is 462 g/mol.